The van der Waals surface area contributed by atoms with Gasteiger partial charge in [-0.15, -0.1) is 0 Å². The average molecular weight is 289 g/mol. The summed E-state index contributed by atoms with van der Waals surface area (Å²) in [6.45, 7) is 0. The number of rotatable bonds is 2. The fourth-order valence-corrected chi connectivity index (χ4v) is 1.51. The van der Waals surface area contributed by atoms with Crippen molar-refractivity contribution < 1.29 is 23.1 Å². The van der Waals surface area contributed by atoms with E-state index in [1.807, 2.05) is 0 Å². The summed E-state index contributed by atoms with van der Waals surface area (Å²) in [6, 6.07) is 1.32. The van der Waals surface area contributed by atoms with Gasteiger partial charge in [-0.05, 0) is 12.1 Å². The third kappa shape index (κ3) is 2.50. The van der Waals surface area contributed by atoms with Crippen LogP contribution in [0.5, 0.6) is 0 Å². The molecule has 4 nitrogen and oxygen atoms in total. The molecule has 0 bridgehead atoms. The lowest BCUT2D eigenvalue weighted by Gasteiger charge is -2.04. The van der Waals surface area contributed by atoms with Gasteiger partial charge in [0, 0.05) is 5.56 Å². The Morgan fingerprint density at radius 3 is 2.32 bits per heavy atom. The van der Waals surface area contributed by atoms with Crippen molar-refractivity contribution in [1.82, 2.24) is 9.97 Å². The Morgan fingerprint density at radius 1 is 1.21 bits per heavy atom. The van der Waals surface area contributed by atoms with E-state index in [1.54, 1.807) is 0 Å². The SMILES string of the molecule is O=C(O)c1nc(-c2cc(F)c(F)c(F)c2)ncc1Cl. The number of hydrogen-bond donors (Lipinski definition) is 1. The van der Waals surface area contributed by atoms with Gasteiger partial charge in [-0.25, -0.2) is 27.9 Å². The summed E-state index contributed by atoms with van der Waals surface area (Å²) in [4.78, 5) is 18.0. The normalized spacial score (nSPS) is 10.5. The molecule has 2 rings (SSSR count). The highest BCUT2D eigenvalue weighted by Gasteiger charge is 2.16. The number of hydrogen-bond acceptors (Lipinski definition) is 3. The van der Waals surface area contributed by atoms with Crippen LogP contribution in [0.1, 0.15) is 10.5 Å². The molecule has 0 spiro atoms. The first kappa shape index (κ1) is 13.3. The molecule has 1 heterocycles. The molecule has 0 radical (unpaired) electrons. The third-order valence-corrected chi connectivity index (χ3v) is 2.47. The minimum absolute atomic E-state index is 0.199. The number of carboxylic acid groups (broad SMARTS) is 1. The zero-order chi connectivity index (χ0) is 14.2. The van der Waals surface area contributed by atoms with Gasteiger partial charge in [0.1, 0.15) is 0 Å². The van der Waals surface area contributed by atoms with Crippen molar-refractivity contribution in [2.24, 2.45) is 0 Å². The molecule has 0 fully saturated rings. The van der Waals surface area contributed by atoms with E-state index in [0.717, 1.165) is 6.20 Å². The molecule has 1 N–H and O–H groups in total. The molecule has 0 aliphatic rings. The molecule has 8 heteroatoms. The predicted molar refractivity (Wildman–Crippen MR) is 59.3 cm³/mol. The van der Waals surface area contributed by atoms with Crippen LogP contribution >= 0.6 is 11.6 Å². The highest BCUT2D eigenvalue weighted by molar-refractivity contribution is 6.33. The van der Waals surface area contributed by atoms with Gasteiger partial charge in [-0.3, -0.25) is 0 Å². The zero-order valence-corrected chi connectivity index (χ0v) is 9.75. The molecule has 0 atom stereocenters. The minimum Gasteiger partial charge on any atom is -0.476 e. The van der Waals surface area contributed by atoms with E-state index in [1.165, 1.54) is 0 Å². The summed E-state index contributed by atoms with van der Waals surface area (Å²) >= 11 is 5.55. The van der Waals surface area contributed by atoms with Crippen LogP contribution in [0.25, 0.3) is 11.4 Å². The van der Waals surface area contributed by atoms with E-state index in [9.17, 15) is 18.0 Å². The van der Waals surface area contributed by atoms with Crippen molar-refractivity contribution >= 4 is 17.6 Å². The van der Waals surface area contributed by atoms with E-state index in [2.05, 4.69) is 9.97 Å². The lowest BCUT2D eigenvalue weighted by Crippen LogP contribution is -2.04. The van der Waals surface area contributed by atoms with Gasteiger partial charge in [0.05, 0.1) is 11.2 Å². The van der Waals surface area contributed by atoms with Gasteiger partial charge in [0.15, 0.2) is 29.0 Å². The quantitative estimate of drug-likeness (QED) is 0.863. The van der Waals surface area contributed by atoms with E-state index in [0.29, 0.717) is 12.1 Å². The summed E-state index contributed by atoms with van der Waals surface area (Å²) in [5.41, 5.74) is -0.715. The van der Waals surface area contributed by atoms with Crippen molar-refractivity contribution in [1.29, 1.82) is 0 Å². The maximum atomic E-state index is 13.1. The molecule has 0 amide bonds. The molecular formula is C11H4ClF3N2O2. The van der Waals surface area contributed by atoms with Crippen LogP contribution < -0.4 is 0 Å². The topological polar surface area (TPSA) is 63.1 Å². The number of carboxylic acids is 1. The highest BCUT2D eigenvalue weighted by atomic mass is 35.5. The van der Waals surface area contributed by atoms with Gasteiger partial charge in [0.2, 0.25) is 0 Å². The van der Waals surface area contributed by atoms with Crippen molar-refractivity contribution in [2.75, 3.05) is 0 Å². The van der Waals surface area contributed by atoms with Crippen molar-refractivity contribution in [2.45, 2.75) is 0 Å². The number of nitrogens with zero attached hydrogens (tertiary/aromatic N) is 2. The van der Waals surface area contributed by atoms with Gasteiger partial charge in [-0.1, -0.05) is 11.6 Å². The van der Waals surface area contributed by atoms with Gasteiger partial charge in [0.25, 0.3) is 0 Å². The Hall–Kier alpha value is -2.15. The largest absolute Gasteiger partial charge is 0.476 e. The Balaban J connectivity index is 2.60. The summed E-state index contributed by atoms with van der Waals surface area (Å²) in [5, 5.41) is 8.58. The Labute approximate surface area is 109 Å². The van der Waals surface area contributed by atoms with E-state index in [-0.39, 0.29) is 16.4 Å². The number of carbonyl (C=O) groups is 1. The second-order valence-electron chi connectivity index (χ2n) is 3.45. The van der Waals surface area contributed by atoms with Crippen LogP contribution in [0.4, 0.5) is 13.2 Å². The molecule has 0 aliphatic carbocycles. The standard InChI is InChI=1S/C11H4ClF3N2O2/c12-5-3-16-10(17-9(5)11(18)19)4-1-6(13)8(15)7(14)2-4/h1-3H,(H,18,19). The van der Waals surface area contributed by atoms with Crippen molar-refractivity contribution in [3.63, 3.8) is 0 Å². The first-order valence-corrected chi connectivity index (χ1v) is 5.18. The molecule has 98 valence electrons. The molecule has 19 heavy (non-hydrogen) atoms. The van der Waals surface area contributed by atoms with Crippen LogP contribution in [0.2, 0.25) is 5.02 Å². The number of benzene rings is 1. The smallest absolute Gasteiger partial charge is 0.356 e. The highest BCUT2D eigenvalue weighted by Crippen LogP contribution is 2.23. The predicted octanol–water partition coefficient (Wildman–Crippen LogP) is 2.91. The van der Waals surface area contributed by atoms with E-state index < -0.39 is 29.1 Å². The fourth-order valence-electron chi connectivity index (χ4n) is 1.34. The number of aromatic carboxylic acids is 1. The number of halogens is 4. The Kier molecular flexibility index (Phi) is 3.39. The van der Waals surface area contributed by atoms with Gasteiger partial charge < -0.3 is 5.11 Å². The zero-order valence-electron chi connectivity index (χ0n) is 8.99. The molecular weight excluding hydrogens is 285 g/mol. The first-order valence-electron chi connectivity index (χ1n) is 4.81. The molecule has 1 aromatic carbocycles. The summed E-state index contributed by atoms with van der Waals surface area (Å²) < 4.78 is 38.9. The van der Waals surface area contributed by atoms with E-state index in [4.69, 9.17) is 16.7 Å². The maximum absolute atomic E-state index is 13.1. The molecule has 0 saturated carbocycles. The van der Waals surface area contributed by atoms with Gasteiger partial charge in [-0.2, -0.15) is 0 Å². The summed E-state index contributed by atoms with van der Waals surface area (Å²) in [6.07, 6.45) is 0.979. The molecule has 0 aliphatic heterocycles. The molecule has 0 saturated heterocycles. The Bertz CT molecular complexity index is 656. The number of aromatic nitrogens is 2. The monoisotopic (exact) mass is 288 g/mol. The lowest BCUT2D eigenvalue weighted by atomic mass is 10.2. The molecule has 0 unspecified atom stereocenters. The minimum atomic E-state index is -1.63. The second kappa shape index (κ2) is 4.85. The van der Waals surface area contributed by atoms with Crippen molar-refractivity contribution in [3.05, 3.63) is 46.5 Å². The van der Waals surface area contributed by atoms with Crippen molar-refractivity contribution in [3.8, 4) is 11.4 Å². The van der Waals surface area contributed by atoms with Crippen LogP contribution in [0, 0.1) is 17.5 Å². The second-order valence-corrected chi connectivity index (χ2v) is 3.86. The molecule has 2 aromatic rings. The van der Waals surface area contributed by atoms with Crippen LogP contribution in [0.3, 0.4) is 0 Å². The average Bonchev–Trinajstić information content (AvgIpc) is 2.35. The first-order chi connectivity index (χ1) is 8.90. The Morgan fingerprint density at radius 2 is 1.79 bits per heavy atom. The summed E-state index contributed by atoms with van der Waals surface area (Å²) in [7, 11) is 0. The summed E-state index contributed by atoms with van der Waals surface area (Å²) in [5.74, 6) is -6.18. The van der Waals surface area contributed by atoms with Gasteiger partial charge >= 0.3 is 5.97 Å². The van der Waals surface area contributed by atoms with Crippen LogP contribution in [-0.2, 0) is 0 Å². The lowest BCUT2D eigenvalue weighted by molar-refractivity contribution is 0.0690. The third-order valence-electron chi connectivity index (χ3n) is 2.19. The fraction of sp³-hybridized carbons (Fsp3) is 0. The van der Waals surface area contributed by atoms with Crippen LogP contribution in [0.15, 0.2) is 18.3 Å². The van der Waals surface area contributed by atoms with E-state index >= 15 is 0 Å². The maximum Gasteiger partial charge on any atom is 0.356 e. The van der Waals surface area contributed by atoms with Crippen LogP contribution in [-0.4, -0.2) is 21.0 Å². The molecule has 1 aromatic heterocycles.